The minimum absolute atomic E-state index is 0.736. The Hall–Kier alpha value is -0.860. The second kappa shape index (κ2) is 5.19. The molecule has 0 saturated carbocycles. The largest absolute Gasteiger partial charge is 0.313 e. The van der Waals surface area contributed by atoms with E-state index in [9.17, 15) is 0 Å². The minimum Gasteiger partial charge on any atom is -0.313 e. The van der Waals surface area contributed by atoms with Gasteiger partial charge in [-0.25, -0.2) is 0 Å². The molecular weight excluding hydrogens is 208 g/mol. The van der Waals surface area contributed by atoms with Crippen LogP contribution in [0.15, 0.2) is 24.3 Å². The molecule has 2 heteroatoms. The fourth-order valence-electron chi connectivity index (χ4n) is 3.15. The molecular formula is C15H22N2. The summed E-state index contributed by atoms with van der Waals surface area (Å²) in [5.74, 6) is 0. The second-order valence-electron chi connectivity index (χ2n) is 5.40. The van der Waals surface area contributed by atoms with E-state index >= 15 is 0 Å². The summed E-state index contributed by atoms with van der Waals surface area (Å²) in [4.78, 5) is 2.63. The first kappa shape index (κ1) is 11.2. The first-order valence-electron chi connectivity index (χ1n) is 6.94. The molecule has 0 aromatic heterocycles. The molecule has 2 heterocycles. The van der Waals surface area contributed by atoms with Crippen molar-refractivity contribution < 1.29 is 0 Å². The lowest BCUT2D eigenvalue weighted by Gasteiger charge is -2.24. The van der Waals surface area contributed by atoms with Gasteiger partial charge in [-0.15, -0.1) is 0 Å². The lowest BCUT2D eigenvalue weighted by Crippen LogP contribution is -2.37. The zero-order valence-corrected chi connectivity index (χ0v) is 10.5. The van der Waals surface area contributed by atoms with E-state index < -0.39 is 0 Å². The summed E-state index contributed by atoms with van der Waals surface area (Å²) in [6.07, 6.45) is 5.28. The molecule has 3 rings (SSSR count). The van der Waals surface area contributed by atoms with Crippen molar-refractivity contribution in [3.63, 3.8) is 0 Å². The third-order valence-electron chi connectivity index (χ3n) is 4.07. The highest BCUT2D eigenvalue weighted by Crippen LogP contribution is 2.19. The number of nitrogens with zero attached hydrogens (tertiary/aromatic N) is 1. The molecule has 0 amide bonds. The minimum atomic E-state index is 0.736. The number of nitrogens with one attached hydrogen (secondary N) is 1. The van der Waals surface area contributed by atoms with Crippen LogP contribution in [-0.2, 0) is 13.0 Å². The molecule has 0 spiro atoms. The van der Waals surface area contributed by atoms with Gasteiger partial charge >= 0.3 is 0 Å². The molecule has 17 heavy (non-hydrogen) atoms. The van der Waals surface area contributed by atoms with Crippen LogP contribution < -0.4 is 5.32 Å². The van der Waals surface area contributed by atoms with E-state index in [1.165, 1.54) is 45.3 Å². The number of benzene rings is 1. The summed E-state index contributed by atoms with van der Waals surface area (Å²) in [7, 11) is 0. The Morgan fingerprint density at radius 1 is 1.18 bits per heavy atom. The molecule has 1 fully saturated rings. The monoisotopic (exact) mass is 230 g/mol. The van der Waals surface area contributed by atoms with E-state index in [0.29, 0.717) is 0 Å². The first-order valence-corrected chi connectivity index (χ1v) is 6.94. The highest BCUT2D eigenvalue weighted by atomic mass is 15.2. The van der Waals surface area contributed by atoms with Crippen molar-refractivity contribution in [2.75, 3.05) is 19.6 Å². The van der Waals surface area contributed by atoms with Crippen molar-refractivity contribution in [1.82, 2.24) is 10.2 Å². The molecule has 1 aromatic carbocycles. The van der Waals surface area contributed by atoms with Gasteiger partial charge in [0.15, 0.2) is 0 Å². The third kappa shape index (κ3) is 2.70. The van der Waals surface area contributed by atoms with Gasteiger partial charge in [-0.3, -0.25) is 4.90 Å². The molecule has 0 unspecified atom stereocenters. The van der Waals surface area contributed by atoms with Gasteiger partial charge < -0.3 is 5.32 Å². The number of rotatable bonds is 2. The van der Waals surface area contributed by atoms with Crippen molar-refractivity contribution in [2.45, 2.75) is 38.3 Å². The molecule has 1 N–H and O–H groups in total. The van der Waals surface area contributed by atoms with Crippen LogP contribution in [0, 0.1) is 0 Å². The van der Waals surface area contributed by atoms with Gasteiger partial charge in [0.25, 0.3) is 0 Å². The van der Waals surface area contributed by atoms with Crippen LogP contribution in [0.3, 0.4) is 0 Å². The molecule has 0 radical (unpaired) electrons. The van der Waals surface area contributed by atoms with E-state index in [1.54, 1.807) is 11.1 Å². The van der Waals surface area contributed by atoms with Gasteiger partial charge in [-0.1, -0.05) is 24.3 Å². The lowest BCUT2D eigenvalue weighted by molar-refractivity contribution is 0.245. The Labute approximate surface area is 104 Å². The van der Waals surface area contributed by atoms with Gasteiger partial charge in [0.05, 0.1) is 0 Å². The zero-order chi connectivity index (χ0) is 11.5. The van der Waals surface area contributed by atoms with E-state index in [2.05, 4.69) is 34.5 Å². The lowest BCUT2D eigenvalue weighted by atomic mass is 10.0. The molecule has 2 aliphatic heterocycles. The standard InChI is InChI=1S/C15H22N2/c1-2-6-14-11-17(10-4-7-13(14)5-1)12-15-8-3-9-16-15/h1-2,5-6,15-16H,3-4,7-12H2/t15-/m0/s1. The number of fused-ring (bicyclic) bond motifs is 1. The van der Waals surface area contributed by atoms with Gasteiger partial charge in [0.2, 0.25) is 0 Å². The maximum absolute atomic E-state index is 3.61. The predicted octanol–water partition coefficient (Wildman–Crippen LogP) is 2.19. The van der Waals surface area contributed by atoms with Crippen molar-refractivity contribution in [2.24, 2.45) is 0 Å². The average molecular weight is 230 g/mol. The van der Waals surface area contributed by atoms with Gasteiger partial charge in [-0.2, -0.15) is 0 Å². The van der Waals surface area contributed by atoms with E-state index in [1.807, 2.05) is 0 Å². The summed E-state index contributed by atoms with van der Waals surface area (Å²) in [5.41, 5.74) is 3.11. The van der Waals surface area contributed by atoms with Crippen LogP contribution in [0.5, 0.6) is 0 Å². The quantitative estimate of drug-likeness (QED) is 0.838. The molecule has 2 nitrogen and oxygen atoms in total. The van der Waals surface area contributed by atoms with Crippen LogP contribution in [0.4, 0.5) is 0 Å². The first-order chi connectivity index (χ1) is 8.42. The molecule has 1 atom stereocenters. The number of aryl methyl sites for hydroxylation is 1. The van der Waals surface area contributed by atoms with Gasteiger partial charge in [-0.05, 0) is 49.9 Å². The number of hydrogen-bond donors (Lipinski definition) is 1. The van der Waals surface area contributed by atoms with Crippen LogP contribution in [0.1, 0.15) is 30.4 Å². The normalized spacial score (nSPS) is 25.5. The predicted molar refractivity (Wildman–Crippen MR) is 71.1 cm³/mol. The molecule has 0 bridgehead atoms. The highest BCUT2D eigenvalue weighted by Gasteiger charge is 2.20. The van der Waals surface area contributed by atoms with Crippen LogP contribution in [0.2, 0.25) is 0 Å². The molecule has 92 valence electrons. The third-order valence-corrected chi connectivity index (χ3v) is 4.07. The SMILES string of the molecule is c1ccc2c(c1)CCCN(C[C@@H]1CCCN1)C2. The maximum atomic E-state index is 3.61. The van der Waals surface area contributed by atoms with Crippen molar-refractivity contribution >= 4 is 0 Å². The van der Waals surface area contributed by atoms with E-state index in [4.69, 9.17) is 0 Å². The number of hydrogen-bond acceptors (Lipinski definition) is 2. The van der Waals surface area contributed by atoms with Crippen molar-refractivity contribution in [1.29, 1.82) is 0 Å². The zero-order valence-electron chi connectivity index (χ0n) is 10.5. The van der Waals surface area contributed by atoms with E-state index in [0.717, 1.165) is 12.6 Å². The van der Waals surface area contributed by atoms with Crippen molar-refractivity contribution in [3.8, 4) is 0 Å². The Morgan fingerprint density at radius 2 is 2.06 bits per heavy atom. The van der Waals surface area contributed by atoms with Crippen LogP contribution in [-0.4, -0.2) is 30.6 Å². The Kier molecular flexibility index (Phi) is 3.44. The fourth-order valence-corrected chi connectivity index (χ4v) is 3.15. The molecule has 2 aliphatic rings. The molecule has 0 aliphatic carbocycles. The van der Waals surface area contributed by atoms with E-state index in [-0.39, 0.29) is 0 Å². The Balaban J connectivity index is 1.67. The highest BCUT2D eigenvalue weighted by molar-refractivity contribution is 5.28. The fraction of sp³-hybridized carbons (Fsp3) is 0.600. The van der Waals surface area contributed by atoms with Gasteiger partial charge in [0, 0.05) is 19.1 Å². The topological polar surface area (TPSA) is 15.3 Å². The van der Waals surface area contributed by atoms with Crippen LogP contribution >= 0.6 is 0 Å². The molecule has 1 aromatic rings. The smallest absolute Gasteiger partial charge is 0.0237 e. The summed E-state index contributed by atoms with van der Waals surface area (Å²) in [6, 6.07) is 9.69. The summed E-state index contributed by atoms with van der Waals surface area (Å²) >= 11 is 0. The second-order valence-corrected chi connectivity index (χ2v) is 5.40. The summed E-state index contributed by atoms with van der Waals surface area (Å²) < 4.78 is 0. The molecule has 1 saturated heterocycles. The summed E-state index contributed by atoms with van der Waals surface area (Å²) in [6.45, 7) is 4.85. The Bertz CT molecular complexity index is 369. The average Bonchev–Trinajstić information content (AvgIpc) is 2.76. The Morgan fingerprint density at radius 3 is 2.88 bits per heavy atom. The van der Waals surface area contributed by atoms with Crippen molar-refractivity contribution in [3.05, 3.63) is 35.4 Å². The maximum Gasteiger partial charge on any atom is 0.0237 e. The summed E-state index contributed by atoms with van der Waals surface area (Å²) in [5, 5.41) is 3.61. The van der Waals surface area contributed by atoms with Crippen LogP contribution in [0.25, 0.3) is 0 Å². The van der Waals surface area contributed by atoms with Gasteiger partial charge in [0.1, 0.15) is 0 Å².